The summed E-state index contributed by atoms with van der Waals surface area (Å²) in [6, 6.07) is 53.3. The SMILES string of the molecule is C[Si](C)(C)c1cc(N(c2ccccc2)c2ccc3c(C4CCCCC4)c4cc(N(c5ccccc5)c5cc([Si](C)(C)C)cc([Si](C)(C)C)c5)ccc4c(C4CCCCC4)c3c2)cc([Si](C)(C)C)c1. The van der Waals surface area contributed by atoms with E-state index in [-0.39, 0.29) is 0 Å². The lowest BCUT2D eigenvalue weighted by atomic mass is 9.74. The van der Waals surface area contributed by atoms with Gasteiger partial charge < -0.3 is 9.80 Å². The van der Waals surface area contributed by atoms with Crippen molar-refractivity contribution in [2.75, 3.05) is 9.80 Å². The maximum atomic E-state index is 2.65. The Balaban J connectivity index is 1.34. The van der Waals surface area contributed by atoms with E-state index in [1.165, 1.54) is 120 Å². The van der Waals surface area contributed by atoms with Gasteiger partial charge >= 0.3 is 0 Å². The van der Waals surface area contributed by atoms with Crippen LogP contribution in [0, 0.1) is 0 Å². The number of nitrogens with zero attached hydrogens (tertiary/aromatic N) is 2. The number of benzene rings is 7. The topological polar surface area (TPSA) is 6.48 Å². The fraction of sp³-hybridized carbons (Fsp3) is 0.387. The molecule has 0 bridgehead atoms. The fourth-order valence-electron chi connectivity index (χ4n) is 11.5. The molecule has 0 N–H and O–H groups in total. The molecule has 9 rings (SSSR count). The van der Waals surface area contributed by atoms with Crippen molar-refractivity contribution in [2.45, 2.75) is 155 Å². The first-order valence-electron chi connectivity index (χ1n) is 26.3. The van der Waals surface area contributed by atoms with Crippen LogP contribution >= 0.6 is 0 Å². The van der Waals surface area contributed by atoms with Gasteiger partial charge in [-0.1, -0.05) is 198 Å². The standard InChI is InChI=1S/C62H80N2Si4/c1-65(2,3)53-37-51(38-54(43-53)66(4,5)6)63(47-29-21-15-22-30-47)49-33-35-57-59(41-49)61(45-25-17-13-18-26-45)58-36-34-50(42-60(58)62(57)46-27-19-14-20-28-46)64(48-31-23-16-24-32-48)52-39-55(67(7,8)9)44-56(40-52)68(10,11)12/h15-16,21-24,29-46H,13-14,17-20,25-28H2,1-12H3. The molecule has 2 fully saturated rings. The van der Waals surface area contributed by atoms with E-state index < -0.39 is 32.3 Å². The second kappa shape index (κ2) is 19.0. The molecule has 0 amide bonds. The first kappa shape index (κ1) is 48.5. The molecule has 0 radical (unpaired) electrons. The van der Waals surface area contributed by atoms with E-state index >= 15 is 0 Å². The Kier molecular flexibility index (Phi) is 13.6. The summed E-state index contributed by atoms with van der Waals surface area (Å²) in [6.45, 7) is 30.1. The van der Waals surface area contributed by atoms with Crippen molar-refractivity contribution in [3.63, 3.8) is 0 Å². The molecule has 0 unspecified atom stereocenters. The highest BCUT2D eigenvalue weighted by atomic mass is 28.3. The Labute approximate surface area is 415 Å². The van der Waals surface area contributed by atoms with E-state index in [4.69, 9.17) is 0 Å². The summed E-state index contributed by atoms with van der Waals surface area (Å²) in [6.07, 6.45) is 13.0. The monoisotopic (exact) mass is 965 g/mol. The number of hydrogen-bond donors (Lipinski definition) is 0. The molecule has 7 aromatic carbocycles. The summed E-state index contributed by atoms with van der Waals surface area (Å²) in [5.41, 5.74) is 10.8. The highest BCUT2D eigenvalue weighted by Crippen LogP contribution is 2.50. The molecule has 2 saturated carbocycles. The summed E-state index contributed by atoms with van der Waals surface area (Å²) in [4.78, 5) is 5.21. The van der Waals surface area contributed by atoms with Crippen LogP contribution in [0.2, 0.25) is 78.6 Å². The molecule has 7 aromatic rings. The lowest BCUT2D eigenvalue weighted by Crippen LogP contribution is -2.45. The first-order valence-corrected chi connectivity index (χ1v) is 40.3. The van der Waals surface area contributed by atoms with Crippen LogP contribution in [0.3, 0.4) is 0 Å². The number of rotatable bonds is 12. The molecule has 0 saturated heterocycles. The van der Waals surface area contributed by atoms with E-state index in [0.717, 1.165) is 0 Å². The lowest BCUT2D eigenvalue weighted by Gasteiger charge is -2.33. The minimum absolute atomic E-state index is 0.534. The third-order valence-corrected chi connectivity index (χ3v) is 23.6. The van der Waals surface area contributed by atoms with Crippen molar-refractivity contribution in [3.8, 4) is 0 Å². The molecule has 0 heterocycles. The van der Waals surface area contributed by atoms with Gasteiger partial charge in [-0.2, -0.15) is 0 Å². The highest BCUT2D eigenvalue weighted by Gasteiger charge is 2.31. The van der Waals surface area contributed by atoms with Crippen molar-refractivity contribution in [1.29, 1.82) is 0 Å². The van der Waals surface area contributed by atoms with E-state index in [0.29, 0.717) is 11.8 Å². The third-order valence-electron chi connectivity index (χ3n) is 15.6. The van der Waals surface area contributed by atoms with Crippen LogP contribution in [0.4, 0.5) is 34.1 Å². The van der Waals surface area contributed by atoms with Crippen LogP contribution in [0.5, 0.6) is 0 Å². The van der Waals surface area contributed by atoms with Crippen molar-refractivity contribution in [1.82, 2.24) is 0 Å². The minimum Gasteiger partial charge on any atom is -0.310 e. The number of anilines is 6. The summed E-state index contributed by atoms with van der Waals surface area (Å²) >= 11 is 0. The van der Waals surface area contributed by atoms with E-state index in [1.807, 2.05) is 0 Å². The smallest absolute Gasteiger partial charge is 0.0776 e. The maximum Gasteiger partial charge on any atom is 0.0776 e. The average Bonchev–Trinajstić information content (AvgIpc) is 3.31. The Morgan fingerprint density at radius 2 is 0.603 bits per heavy atom. The van der Waals surface area contributed by atoms with Crippen LogP contribution in [0.1, 0.15) is 87.2 Å². The van der Waals surface area contributed by atoms with Crippen molar-refractivity contribution >= 4 is 109 Å². The van der Waals surface area contributed by atoms with Crippen LogP contribution in [-0.2, 0) is 0 Å². The molecule has 68 heavy (non-hydrogen) atoms. The lowest BCUT2D eigenvalue weighted by molar-refractivity contribution is 0.445. The highest BCUT2D eigenvalue weighted by molar-refractivity contribution is 6.92. The Bertz CT molecular complexity index is 2640. The van der Waals surface area contributed by atoms with Gasteiger partial charge in [-0.15, -0.1) is 0 Å². The summed E-state index contributed by atoms with van der Waals surface area (Å²) in [5.74, 6) is 1.07. The molecular weight excluding hydrogens is 885 g/mol. The Hall–Kier alpha value is -4.47. The van der Waals surface area contributed by atoms with Gasteiger partial charge in [0, 0.05) is 34.1 Å². The van der Waals surface area contributed by atoms with E-state index in [9.17, 15) is 0 Å². The minimum atomic E-state index is -1.64. The molecule has 354 valence electrons. The van der Waals surface area contributed by atoms with Gasteiger partial charge in [-0.05, 0) is 143 Å². The summed E-state index contributed by atoms with van der Waals surface area (Å²) in [7, 11) is -6.56. The zero-order valence-electron chi connectivity index (χ0n) is 43.8. The van der Waals surface area contributed by atoms with Gasteiger partial charge in [-0.25, -0.2) is 0 Å². The van der Waals surface area contributed by atoms with Crippen molar-refractivity contribution < 1.29 is 0 Å². The third kappa shape index (κ3) is 10.1. The molecule has 0 aliphatic heterocycles. The van der Waals surface area contributed by atoms with Gasteiger partial charge in [-0.3, -0.25) is 0 Å². The summed E-state index contributed by atoms with van der Waals surface area (Å²) < 4.78 is 0. The van der Waals surface area contributed by atoms with Gasteiger partial charge in [0.05, 0.1) is 32.3 Å². The van der Waals surface area contributed by atoms with Crippen LogP contribution in [0.15, 0.2) is 133 Å². The van der Waals surface area contributed by atoms with Crippen LogP contribution < -0.4 is 30.5 Å². The zero-order chi connectivity index (χ0) is 48.2. The largest absolute Gasteiger partial charge is 0.310 e. The van der Waals surface area contributed by atoms with Crippen molar-refractivity contribution in [3.05, 3.63) is 145 Å². The molecule has 0 aromatic heterocycles. The Morgan fingerprint density at radius 1 is 0.294 bits per heavy atom. The molecule has 2 aliphatic rings. The normalized spacial score (nSPS) is 15.8. The second-order valence-corrected chi connectivity index (χ2v) is 45.1. The van der Waals surface area contributed by atoms with Gasteiger partial charge in [0.2, 0.25) is 0 Å². The van der Waals surface area contributed by atoms with Gasteiger partial charge in [0.25, 0.3) is 0 Å². The number of hydrogen-bond acceptors (Lipinski definition) is 2. The molecule has 6 heteroatoms. The predicted octanol–water partition coefficient (Wildman–Crippen LogP) is 17.2. The maximum absolute atomic E-state index is 2.65. The Morgan fingerprint density at radius 3 is 0.897 bits per heavy atom. The number of fused-ring (bicyclic) bond motifs is 2. The van der Waals surface area contributed by atoms with Crippen LogP contribution in [0.25, 0.3) is 21.5 Å². The quantitative estimate of drug-likeness (QED) is 0.0889. The number of para-hydroxylation sites is 2. The van der Waals surface area contributed by atoms with E-state index in [1.54, 1.807) is 31.9 Å². The van der Waals surface area contributed by atoms with E-state index in [2.05, 4.69) is 222 Å². The zero-order valence-corrected chi connectivity index (χ0v) is 47.8. The fourth-order valence-corrected chi connectivity index (χ4v) is 16.4. The van der Waals surface area contributed by atoms with Gasteiger partial charge in [0.15, 0.2) is 0 Å². The predicted molar refractivity (Wildman–Crippen MR) is 314 cm³/mol. The molecule has 0 atom stereocenters. The molecule has 0 spiro atoms. The van der Waals surface area contributed by atoms with Crippen molar-refractivity contribution in [2.24, 2.45) is 0 Å². The second-order valence-electron chi connectivity index (χ2n) is 24.8. The molecule has 2 nitrogen and oxygen atoms in total. The molecule has 2 aliphatic carbocycles. The first-order chi connectivity index (χ1) is 32.3. The molecular formula is C62H80N2Si4. The van der Waals surface area contributed by atoms with Crippen LogP contribution in [-0.4, -0.2) is 32.3 Å². The van der Waals surface area contributed by atoms with Gasteiger partial charge in [0.1, 0.15) is 0 Å². The average molecular weight is 966 g/mol. The summed E-state index contributed by atoms with van der Waals surface area (Å²) in [5, 5.41) is 12.2.